The van der Waals surface area contributed by atoms with E-state index in [0.717, 1.165) is 16.8 Å². The summed E-state index contributed by atoms with van der Waals surface area (Å²) in [6.07, 6.45) is 0. The molecule has 0 amide bonds. The van der Waals surface area contributed by atoms with Crippen molar-refractivity contribution in [2.45, 2.75) is 6.92 Å². The lowest BCUT2D eigenvalue weighted by molar-refractivity contribution is 0.355. The monoisotopic (exact) mass is 247 g/mol. The third-order valence-electron chi connectivity index (χ3n) is 2.91. The first kappa shape index (κ1) is 12.3. The molecule has 0 aliphatic rings. The number of aromatic nitrogens is 2. The zero-order valence-corrected chi connectivity index (χ0v) is 11.0. The first-order valence-electron chi connectivity index (χ1n) is 5.59. The average molecular weight is 247 g/mol. The molecule has 0 radical (unpaired) electrons. The van der Waals surface area contributed by atoms with Gasteiger partial charge in [0.1, 0.15) is 5.82 Å². The SMILES string of the molecule is COc1cc(C)c(-c2cc(N)nn2C)cc1OC. The standard InChI is InChI=1S/C13H17N3O2/c1-8-5-11(17-3)12(18-4)6-9(8)10-7-13(14)15-16(10)2/h5-7H,1-4H3,(H2,14,15). The summed E-state index contributed by atoms with van der Waals surface area (Å²) < 4.78 is 12.3. The summed E-state index contributed by atoms with van der Waals surface area (Å²) in [5.74, 6) is 1.91. The van der Waals surface area contributed by atoms with Gasteiger partial charge in [-0.15, -0.1) is 0 Å². The van der Waals surface area contributed by atoms with Gasteiger partial charge < -0.3 is 15.2 Å². The third kappa shape index (κ3) is 1.99. The molecule has 1 aromatic carbocycles. The van der Waals surface area contributed by atoms with Gasteiger partial charge in [0.15, 0.2) is 11.5 Å². The minimum absolute atomic E-state index is 0.502. The number of hydrogen-bond donors (Lipinski definition) is 1. The van der Waals surface area contributed by atoms with Gasteiger partial charge in [0, 0.05) is 18.7 Å². The van der Waals surface area contributed by atoms with Gasteiger partial charge >= 0.3 is 0 Å². The van der Waals surface area contributed by atoms with Crippen LogP contribution in [0.25, 0.3) is 11.3 Å². The lowest BCUT2D eigenvalue weighted by atomic mass is 10.0. The van der Waals surface area contributed by atoms with Gasteiger partial charge in [-0.2, -0.15) is 5.10 Å². The van der Waals surface area contributed by atoms with E-state index in [0.29, 0.717) is 17.3 Å². The Morgan fingerprint density at radius 3 is 2.22 bits per heavy atom. The molecule has 5 heteroatoms. The summed E-state index contributed by atoms with van der Waals surface area (Å²) in [5.41, 5.74) is 8.76. The molecule has 0 atom stereocenters. The molecule has 0 fully saturated rings. The highest BCUT2D eigenvalue weighted by molar-refractivity contribution is 5.70. The number of hydrogen-bond acceptors (Lipinski definition) is 4. The van der Waals surface area contributed by atoms with Crippen LogP contribution in [0.1, 0.15) is 5.56 Å². The number of aryl methyl sites for hydroxylation is 2. The molecule has 5 nitrogen and oxygen atoms in total. The summed E-state index contributed by atoms with van der Waals surface area (Å²) >= 11 is 0. The van der Waals surface area contributed by atoms with Crippen LogP contribution >= 0.6 is 0 Å². The van der Waals surface area contributed by atoms with Gasteiger partial charge in [-0.3, -0.25) is 4.68 Å². The maximum Gasteiger partial charge on any atom is 0.161 e. The number of benzene rings is 1. The zero-order valence-electron chi connectivity index (χ0n) is 11.0. The Labute approximate surface area is 106 Å². The van der Waals surface area contributed by atoms with E-state index < -0.39 is 0 Å². The van der Waals surface area contributed by atoms with E-state index in [1.807, 2.05) is 32.2 Å². The van der Waals surface area contributed by atoms with Crippen molar-refractivity contribution in [1.82, 2.24) is 9.78 Å². The van der Waals surface area contributed by atoms with Crippen molar-refractivity contribution in [3.05, 3.63) is 23.8 Å². The molecule has 2 N–H and O–H groups in total. The molecule has 0 saturated carbocycles. The molecule has 0 spiro atoms. The van der Waals surface area contributed by atoms with Crippen LogP contribution in [0.2, 0.25) is 0 Å². The Morgan fingerprint density at radius 1 is 1.11 bits per heavy atom. The van der Waals surface area contributed by atoms with Gasteiger partial charge in [0.2, 0.25) is 0 Å². The van der Waals surface area contributed by atoms with Crippen molar-refractivity contribution in [3.8, 4) is 22.8 Å². The second-order valence-corrected chi connectivity index (χ2v) is 4.10. The van der Waals surface area contributed by atoms with E-state index in [4.69, 9.17) is 15.2 Å². The maximum atomic E-state index is 5.71. The van der Waals surface area contributed by atoms with Crippen LogP contribution in [0, 0.1) is 6.92 Å². The molecule has 0 aliphatic carbocycles. The number of nitrogens with zero attached hydrogens (tertiary/aromatic N) is 2. The fourth-order valence-corrected chi connectivity index (χ4v) is 2.00. The minimum Gasteiger partial charge on any atom is -0.493 e. The molecule has 0 aliphatic heterocycles. The largest absolute Gasteiger partial charge is 0.493 e. The molecule has 96 valence electrons. The number of anilines is 1. The van der Waals surface area contributed by atoms with Gasteiger partial charge in [-0.25, -0.2) is 0 Å². The molecule has 18 heavy (non-hydrogen) atoms. The molecule has 2 rings (SSSR count). The average Bonchev–Trinajstić information content (AvgIpc) is 2.68. The molecule has 0 bridgehead atoms. The van der Waals surface area contributed by atoms with Crippen LogP contribution < -0.4 is 15.2 Å². The van der Waals surface area contributed by atoms with Crippen molar-refractivity contribution in [1.29, 1.82) is 0 Å². The van der Waals surface area contributed by atoms with Crippen molar-refractivity contribution < 1.29 is 9.47 Å². The normalized spacial score (nSPS) is 10.4. The second-order valence-electron chi connectivity index (χ2n) is 4.10. The first-order chi connectivity index (χ1) is 8.56. The van der Waals surface area contributed by atoms with Crippen molar-refractivity contribution in [3.63, 3.8) is 0 Å². The third-order valence-corrected chi connectivity index (χ3v) is 2.91. The first-order valence-corrected chi connectivity index (χ1v) is 5.59. The van der Waals surface area contributed by atoms with E-state index in [1.54, 1.807) is 18.9 Å². The van der Waals surface area contributed by atoms with E-state index >= 15 is 0 Å². The fraction of sp³-hybridized carbons (Fsp3) is 0.308. The van der Waals surface area contributed by atoms with Crippen LogP contribution in [0.3, 0.4) is 0 Å². The summed E-state index contributed by atoms with van der Waals surface area (Å²) in [6.45, 7) is 2.01. The Kier molecular flexibility index (Phi) is 3.14. The van der Waals surface area contributed by atoms with Crippen LogP contribution in [-0.4, -0.2) is 24.0 Å². The highest BCUT2D eigenvalue weighted by Crippen LogP contribution is 2.35. The van der Waals surface area contributed by atoms with E-state index in [2.05, 4.69) is 5.10 Å². The van der Waals surface area contributed by atoms with Gasteiger partial charge in [0.05, 0.1) is 19.9 Å². The molecule has 0 saturated heterocycles. The summed E-state index contributed by atoms with van der Waals surface area (Å²) in [5, 5.41) is 4.15. The number of rotatable bonds is 3. The number of ether oxygens (including phenoxy) is 2. The van der Waals surface area contributed by atoms with Gasteiger partial charge in [-0.1, -0.05) is 0 Å². The highest BCUT2D eigenvalue weighted by atomic mass is 16.5. The minimum atomic E-state index is 0.502. The summed E-state index contributed by atoms with van der Waals surface area (Å²) in [7, 11) is 5.11. The van der Waals surface area contributed by atoms with Crippen LogP contribution in [0.15, 0.2) is 18.2 Å². The topological polar surface area (TPSA) is 62.3 Å². The second kappa shape index (κ2) is 4.60. The Morgan fingerprint density at radius 2 is 1.72 bits per heavy atom. The smallest absolute Gasteiger partial charge is 0.161 e. The van der Waals surface area contributed by atoms with Crippen molar-refractivity contribution in [2.75, 3.05) is 20.0 Å². The number of methoxy groups -OCH3 is 2. The van der Waals surface area contributed by atoms with Gasteiger partial charge in [-0.05, 0) is 24.6 Å². The molecule has 1 heterocycles. The zero-order chi connectivity index (χ0) is 13.3. The molecule has 0 unspecified atom stereocenters. The fourth-order valence-electron chi connectivity index (χ4n) is 2.00. The Balaban J connectivity index is 2.61. The van der Waals surface area contributed by atoms with Crippen LogP contribution in [-0.2, 0) is 7.05 Å². The lowest BCUT2D eigenvalue weighted by Gasteiger charge is -2.12. The van der Waals surface area contributed by atoms with Crippen LogP contribution in [0.5, 0.6) is 11.5 Å². The summed E-state index contributed by atoms with van der Waals surface area (Å²) in [4.78, 5) is 0. The quantitative estimate of drug-likeness (QED) is 0.901. The van der Waals surface area contributed by atoms with E-state index in [-0.39, 0.29) is 0 Å². The predicted octanol–water partition coefficient (Wildman–Crippen LogP) is 1.99. The highest BCUT2D eigenvalue weighted by Gasteiger charge is 2.13. The van der Waals surface area contributed by atoms with Crippen LogP contribution in [0.4, 0.5) is 5.82 Å². The number of nitrogens with two attached hydrogens (primary N) is 1. The van der Waals surface area contributed by atoms with Gasteiger partial charge in [0.25, 0.3) is 0 Å². The van der Waals surface area contributed by atoms with E-state index in [9.17, 15) is 0 Å². The lowest BCUT2D eigenvalue weighted by Crippen LogP contribution is -1.98. The maximum absolute atomic E-state index is 5.71. The molecular formula is C13H17N3O2. The predicted molar refractivity (Wildman–Crippen MR) is 70.9 cm³/mol. The summed E-state index contributed by atoms with van der Waals surface area (Å²) in [6, 6.07) is 5.72. The number of nitrogen functional groups attached to an aromatic ring is 1. The molecular weight excluding hydrogens is 230 g/mol. The molecule has 2 aromatic rings. The Hall–Kier alpha value is -2.17. The van der Waals surface area contributed by atoms with Crippen molar-refractivity contribution >= 4 is 5.82 Å². The Bertz CT molecular complexity index is 576. The molecule has 1 aromatic heterocycles. The van der Waals surface area contributed by atoms with Crippen molar-refractivity contribution in [2.24, 2.45) is 7.05 Å². The van der Waals surface area contributed by atoms with E-state index in [1.165, 1.54) is 0 Å².